The zero-order valence-electron chi connectivity index (χ0n) is 9.79. The van der Waals surface area contributed by atoms with E-state index in [-0.39, 0.29) is 0 Å². The van der Waals surface area contributed by atoms with E-state index in [0.717, 1.165) is 0 Å². The lowest BCUT2D eigenvalue weighted by Gasteiger charge is -2.45. The largest absolute Gasteiger partial charge is 0.416 e. The molecule has 134 valence electrons. The van der Waals surface area contributed by atoms with Gasteiger partial charge in [-0.05, 0) is 0 Å². The molecule has 0 unspecified atom stereocenters. The molecule has 0 N–H and O–H groups in total. The number of hydrogen-bond donors (Lipinski definition) is 0. The predicted molar refractivity (Wildman–Crippen MR) is 42.9 cm³/mol. The van der Waals surface area contributed by atoms with E-state index in [9.17, 15) is 61.5 Å². The van der Waals surface area contributed by atoms with Gasteiger partial charge in [-0.15, -0.1) is 0 Å². The Labute approximate surface area is 116 Å². The molecule has 0 heterocycles. The van der Waals surface area contributed by atoms with Crippen LogP contribution in [0.15, 0.2) is 23.1 Å². The van der Waals surface area contributed by atoms with Crippen molar-refractivity contribution in [2.45, 2.75) is 24.5 Å². The molecule has 0 aliphatic heterocycles. The molecular formula is C9F14. The third kappa shape index (κ3) is 2.28. The second kappa shape index (κ2) is 4.75. The molecule has 0 aromatic rings. The van der Waals surface area contributed by atoms with E-state index < -0.39 is 52.9 Å². The zero-order valence-corrected chi connectivity index (χ0v) is 9.79. The van der Waals surface area contributed by atoms with Gasteiger partial charge in [-0.3, -0.25) is 0 Å². The van der Waals surface area contributed by atoms with Crippen LogP contribution in [0.5, 0.6) is 0 Å². The topological polar surface area (TPSA) is 0 Å². The Kier molecular flexibility index (Phi) is 4.04. The molecule has 0 aromatic carbocycles. The summed E-state index contributed by atoms with van der Waals surface area (Å²) in [5, 5.41) is 0. The fraction of sp³-hybridized carbons (Fsp3) is 0.556. The Morgan fingerprint density at radius 3 is 1.22 bits per heavy atom. The van der Waals surface area contributed by atoms with Gasteiger partial charge in [-0.2, -0.15) is 57.1 Å². The zero-order chi connectivity index (χ0) is 18.8. The third-order valence-corrected chi connectivity index (χ3v) is 2.90. The monoisotopic (exact) mass is 374 g/mol. The Hall–Kier alpha value is -1.50. The molecule has 0 aromatic heterocycles. The van der Waals surface area contributed by atoms with Crippen LogP contribution in [0.3, 0.4) is 0 Å². The van der Waals surface area contributed by atoms with Gasteiger partial charge >= 0.3 is 24.5 Å². The van der Waals surface area contributed by atoms with Crippen molar-refractivity contribution in [2.75, 3.05) is 0 Å². The second-order valence-electron chi connectivity index (χ2n) is 4.14. The Morgan fingerprint density at radius 2 is 1.00 bits per heavy atom. The smallest absolute Gasteiger partial charge is 0.204 e. The van der Waals surface area contributed by atoms with E-state index in [1.54, 1.807) is 0 Å². The molecule has 1 aliphatic carbocycles. The SMILES string of the molecule is FC(F)=C1C(C(C(F)(F)F)(C(F)(F)F)C(F)(F)F)=C(F)C1(F)F. The summed E-state index contributed by atoms with van der Waals surface area (Å²) in [6.07, 6.45) is -26.4. The van der Waals surface area contributed by atoms with Crippen molar-refractivity contribution in [2.24, 2.45) is 5.41 Å². The summed E-state index contributed by atoms with van der Waals surface area (Å²) >= 11 is 0. The van der Waals surface area contributed by atoms with Gasteiger partial charge in [0.1, 0.15) is 5.57 Å². The van der Waals surface area contributed by atoms with Crippen LogP contribution in [-0.2, 0) is 0 Å². The van der Waals surface area contributed by atoms with Crippen LogP contribution in [0.4, 0.5) is 61.5 Å². The summed E-state index contributed by atoms with van der Waals surface area (Å²) in [6, 6.07) is 0. The average molecular weight is 374 g/mol. The van der Waals surface area contributed by atoms with E-state index in [1.165, 1.54) is 0 Å². The maximum atomic E-state index is 12.9. The van der Waals surface area contributed by atoms with Crippen LogP contribution >= 0.6 is 0 Å². The van der Waals surface area contributed by atoms with Gasteiger partial charge in [0.15, 0.2) is 5.83 Å². The molecule has 0 nitrogen and oxygen atoms in total. The number of alkyl halides is 11. The molecule has 1 rings (SSSR count). The van der Waals surface area contributed by atoms with Gasteiger partial charge in [0, 0.05) is 5.57 Å². The van der Waals surface area contributed by atoms with Gasteiger partial charge in [-0.1, -0.05) is 0 Å². The Morgan fingerprint density at radius 1 is 0.696 bits per heavy atom. The van der Waals surface area contributed by atoms with Gasteiger partial charge in [0.2, 0.25) is 0 Å². The van der Waals surface area contributed by atoms with Crippen molar-refractivity contribution < 1.29 is 61.5 Å². The number of halogens is 14. The molecular weight excluding hydrogens is 374 g/mol. The van der Waals surface area contributed by atoms with Crippen LogP contribution in [0.1, 0.15) is 0 Å². The van der Waals surface area contributed by atoms with Crippen molar-refractivity contribution in [1.29, 1.82) is 0 Å². The summed E-state index contributed by atoms with van der Waals surface area (Å²) in [4.78, 5) is 0. The van der Waals surface area contributed by atoms with Crippen molar-refractivity contribution in [1.82, 2.24) is 0 Å². The minimum atomic E-state index is -7.48. The van der Waals surface area contributed by atoms with Crippen molar-refractivity contribution in [3.05, 3.63) is 23.1 Å². The fourth-order valence-corrected chi connectivity index (χ4v) is 1.94. The van der Waals surface area contributed by atoms with Crippen LogP contribution < -0.4 is 0 Å². The summed E-state index contributed by atoms with van der Waals surface area (Å²) < 4.78 is 176. The standard InChI is InChI=1S/C9F14/c10-3-1(2(4(11)12)5(3,13)14)6(7(15,16)17,8(18,19)20)9(21,22)23. The van der Waals surface area contributed by atoms with E-state index in [2.05, 4.69) is 0 Å². The fourth-order valence-electron chi connectivity index (χ4n) is 1.94. The average Bonchev–Trinajstić information content (AvgIpc) is 2.20. The first-order chi connectivity index (χ1) is 9.85. The highest BCUT2D eigenvalue weighted by Gasteiger charge is 2.89. The maximum absolute atomic E-state index is 12.9. The van der Waals surface area contributed by atoms with E-state index in [1.807, 2.05) is 0 Å². The van der Waals surface area contributed by atoms with Crippen LogP contribution in [0, 0.1) is 5.41 Å². The summed E-state index contributed by atoms with van der Waals surface area (Å²) in [5.74, 6) is -9.59. The van der Waals surface area contributed by atoms with Gasteiger partial charge < -0.3 is 0 Å². The molecule has 23 heavy (non-hydrogen) atoms. The van der Waals surface area contributed by atoms with Gasteiger partial charge in [0.05, 0.1) is 0 Å². The molecule has 0 radical (unpaired) electrons. The van der Waals surface area contributed by atoms with Crippen molar-refractivity contribution >= 4 is 0 Å². The molecule has 0 amide bonds. The first kappa shape index (κ1) is 19.5. The lowest BCUT2D eigenvalue weighted by atomic mass is 9.66. The molecule has 0 saturated carbocycles. The van der Waals surface area contributed by atoms with Crippen molar-refractivity contribution in [3.8, 4) is 0 Å². The molecule has 0 atom stereocenters. The molecule has 0 fully saturated rings. The van der Waals surface area contributed by atoms with Crippen molar-refractivity contribution in [3.63, 3.8) is 0 Å². The minimum absolute atomic E-state index is 3.60. The molecule has 14 heteroatoms. The second-order valence-corrected chi connectivity index (χ2v) is 4.14. The van der Waals surface area contributed by atoms with Gasteiger partial charge in [-0.25, -0.2) is 4.39 Å². The van der Waals surface area contributed by atoms with E-state index >= 15 is 0 Å². The van der Waals surface area contributed by atoms with E-state index in [4.69, 9.17) is 0 Å². The van der Waals surface area contributed by atoms with Crippen LogP contribution in [-0.4, -0.2) is 24.5 Å². The quantitative estimate of drug-likeness (QED) is 0.518. The first-order valence-electron chi connectivity index (χ1n) is 4.90. The molecule has 0 bridgehead atoms. The van der Waals surface area contributed by atoms with E-state index in [0.29, 0.717) is 0 Å². The molecule has 0 saturated heterocycles. The molecule has 1 aliphatic rings. The number of hydrogen-bond acceptors (Lipinski definition) is 0. The number of rotatable bonds is 1. The summed E-state index contributed by atoms with van der Waals surface area (Å²) in [7, 11) is 0. The summed E-state index contributed by atoms with van der Waals surface area (Å²) in [6.45, 7) is 0. The van der Waals surface area contributed by atoms with Crippen LogP contribution in [0.25, 0.3) is 0 Å². The minimum Gasteiger partial charge on any atom is -0.204 e. The highest BCUT2D eigenvalue weighted by atomic mass is 19.4. The maximum Gasteiger partial charge on any atom is 0.416 e. The predicted octanol–water partition coefficient (Wildman–Crippen LogP) is 5.68. The lowest BCUT2D eigenvalue weighted by Crippen LogP contribution is -2.64. The number of allylic oxidation sites excluding steroid dienone is 3. The highest BCUT2D eigenvalue weighted by molar-refractivity contribution is 5.60. The summed E-state index contributed by atoms with van der Waals surface area (Å²) in [5.41, 5.74) is -14.7. The normalized spacial score (nSPS) is 19.8. The first-order valence-corrected chi connectivity index (χ1v) is 4.90. The Bertz CT molecular complexity index is 524. The highest BCUT2D eigenvalue weighted by Crippen LogP contribution is 2.70. The van der Waals surface area contributed by atoms with Crippen LogP contribution in [0.2, 0.25) is 0 Å². The lowest BCUT2D eigenvalue weighted by molar-refractivity contribution is -0.412. The van der Waals surface area contributed by atoms with Gasteiger partial charge in [0.25, 0.3) is 11.5 Å². The Balaban J connectivity index is 4.05. The molecule has 0 spiro atoms. The third-order valence-electron chi connectivity index (χ3n) is 2.90.